The van der Waals surface area contributed by atoms with Gasteiger partial charge < -0.3 is 4.90 Å². The third-order valence-corrected chi connectivity index (χ3v) is 4.31. The standard InChI is InChI=1S/C19H15N3/c20-11-16-12-21-18-8-4-3-7-17(18)19(16)22-10-9-14-5-1-2-6-15(14)13-22/h1-8,12H,9-10,13H2. The zero-order valence-corrected chi connectivity index (χ0v) is 12.2. The molecule has 3 heteroatoms. The van der Waals surface area contributed by atoms with Crippen LogP contribution in [-0.2, 0) is 13.0 Å². The Hall–Kier alpha value is -2.86. The van der Waals surface area contributed by atoms with Crippen LogP contribution in [0, 0.1) is 11.3 Å². The van der Waals surface area contributed by atoms with E-state index in [1.165, 1.54) is 11.1 Å². The van der Waals surface area contributed by atoms with E-state index in [9.17, 15) is 5.26 Å². The van der Waals surface area contributed by atoms with Crippen molar-refractivity contribution < 1.29 is 0 Å². The summed E-state index contributed by atoms with van der Waals surface area (Å²) >= 11 is 0. The molecule has 0 aliphatic carbocycles. The van der Waals surface area contributed by atoms with Crippen LogP contribution in [-0.4, -0.2) is 11.5 Å². The van der Waals surface area contributed by atoms with Gasteiger partial charge in [0.25, 0.3) is 0 Å². The number of hydrogen-bond donors (Lipinski definition) is 0. The molecule has 0 bridgehead atoms. The molecule has 2 aromatic carbocycles. The summed E-state index contributed by atoms with van der Waals surface area (Å²) in [5, 5.41) is 10.5. The van der Waals surface area contributed by atoms with Gasteiger partial charge in [0.1, 0.15) is 6.07 Å². The number of benzene rings is 2. The molecule has 2 heterocycles. The van der Waals surface area contributed by atoms with Crippen LogP contribution >= 0.6 is 0 Å². The second kappa shape index (κ2) is 5.16. The van der Waals surface area contributed by atoms with E-state index in [0.29, 0.717) is 5.56 Å². The molecule has 0 saturated carbocycles. The highest BCUT2D eigenvalue weighted by Gasteiger charge is 2.20. The molecule has 22 heavy (non-hydrogen) atoms. The molecule has 0 N–H and O–H groups in total. The lowest BCUT2D eigenvalue weighted by Crippen LogP contribution is -2.31. The van der Waals surface area contributed by atoms with Gasteiger partial charge in [0.2, 0.25) is 0 Å². The third kappa shape index (κ3) is 2.01. The van der Waals surface area contributed by atoms with Crippen molar-refractivity contribution in [2.24, 2.45) is 0 Å². The monoisotopic (exact) mass is 285 g/mol. The number of nitriles is 1. The second-order valence-corrected chi connectivity index (χ2v) is 5.59. The quantitative estimate of drug-likeness (QED) is 0.685. The molecular weight excluding hydrogens is 270 g/mol. The predicted octanol–water partition coefficient (Wildman–Crippen LogP) is 3.67. The molecule has 0 spiro atoms. The number of rotatable bonds is 1. The summed E-state index contributed by atoms with van der Waals surface area (Å²) in [6.45, 7) is 1.78. The Labute approximate surface area is 129 Å². The van der Waals surface area contributed by atoms with Crippen molar-refractivity contribution in [1.29, 1.82) is 5.26 Å². The SMILES string of the molecule is N#Cc1cnc2ccccc2c1N1CCc2ccccc2C1. The van der Waals surface area contributed by atoms with Gasteiger partial charge in [-0.15, -0.1) is 0 Å². The van der Waals surface area contributed by atoms with Crippen molar-refractivity contribution in [1.82, 2.24) is 4.98 Å². The van der Waals surface area contributed by atoms with E-state index in [0.717, 1.165) is 36.1 Å². The maximum atomic E-state index is 9.49. The average molecular weight is 285 g/mol. The van der Waals surface area contributed by atoms with Crippen LogP contribution in [0.15, 0.2) is 54.7 Å². The van der Waals surface area contributed by atoms with Crippen LogP contribution in [0.2, 0.25) is 0 Å². The molecule has 0 saturated heterocycles. The van der Waals surface area contributed by atoms with Gasteiger partial charge in [-0.2, -0.15) is 5.26 Å². The molecule has 0 fully saturated rings. The minimum Gasteiger partial charge on any atom is -0.365 e. The lowest BCUT2D eigenvalue weighted by Gasteiger charge is -2.32. The van der Waals surface area contributed by atoms with Crippen molar-refractivity contribution in [2.75, 3.05) is 11.4 Å². The third-order valence-electron chi connectivity index (χ3n) is 4.31. The summed E-state index contributed by atoms with van der Waals surface area (Å²) in [7, 11) is 0. The molecule has 1 aliphatic rings. The van der Waals surface area contributed by atoms with Gasteiger partial charge in [0.15, 0.2) is 0 Å². The van der Waals surface area contributed by atoms with E-state index in [1.807, 2.05) is 18.2 Å². The fraction of sp³-hybridized carbons (Fsp3) is 0.158. The first-order valence-electron chi connectivity index (χ1n) is 7.46. The number of anilines is 1. The number of nitrogens with zero attached hydrogens (tertiary/aromatic N) is 3. The van der Waals surface area contributed by atoms with Crippen LogP contribution < -0.4 is 4.90 Å². The molecule has 0 unspecified atom stereocenters. The van der Waals surface area contributed by atoms with Crippen LogP contribution in [0.1, 0.15) is 16.7 Å². The molecule has 1 aromatic heterocycles. The Bertz CT molecular complexity index is 893. The summed E-state index contributed by atoms with van der Waals surface area (Å²) in [5.41, 5.74) is 5.37. The maximum absolute atomic E-state index is 9.49. The summed E-state index contributed by atoms with van der Waals surface area (Å²) in [6, 6.07) is 18.9. The number of aromatic nitrogens is 1. The Balaban J connectivity index is 1.87. The number of para-hydroxylation sites is 1. The van der Waals surface area contributed by atoms with E-state index in [2.05, 4.69) is 46.3 Å². The molecule has 0 radical (unpaired) electrons. The van der Waals surface area contributed by atoms with Crippen LogP contribution in [0.5, 0.6) is 0 Å². The van der Waals surface area contributed by atoms with Gasteiger partial charge in [-0.1, -0.05) is 42.5 Å². The zero-order valence-electron chi connectivity index (χ0n) is 12.2. The van der Waals surface area contributed by atoms with E-state index < -0.39 is 0 Å². The molecule has 1 aliphatic heterocycles. The number of fused-ring (bicyclic) bond motifs is 2. The van der Waals surface area contributed by atoms with Gasteiger partial charge in [-0.25, -0.2) is 0 Å². The molecule has 3 nitrogen and oxygen atoms in total. The first-order chi connectivity index (χ1) is 10.9. The van der Waals surface area contributed by atoms with E-state index >= 15 is 0 Å². The fourth-order valence-corrected chi connectivity index (χ4v) is 3.24. The summed E-state index contributed by atoms with van der Waals surface area (Å²) in [4.78, 5) is 6.71. The smallest absolute Gasteiger partial charge is 0.103 e. The zero-order chi connectivity index (χ0) is 14.9. The lowest BCUT2D eigenvalue weighted by atomic mass is 9.98. The Morgan fingerprint density at radius 2 is 1.77 bits per heavy atom. The minimum absolute atomic E-state index is 0.651. The second-order valence-electron chi connectivity index (χ2n) is 5.59. The van der Waals surface area contributed by atoms with Gasteiger partial charge in [-0.05, 0) is 23.6 Å². The Kier molecular flexibility index (Phi) is 3.01. The lowest BCUT2D eigenvalue weighted by molar-refractivity contribution is 0.733. The molecular formula is C19H15N3. The first kappa shape index (κ1) is 12.8. The van der Waals surface area contributed by atoms with Gasteiger partial charge in [-0.3, -0.25) is 4.98 Å². The highest BCUT2D eigenvalue weighted by Crippen LogP contribution is 2.32. The highest BCUT2D eigenvalue weighted by atomic mass is 15.1. The summed E-state index contributed by atoms with van der Waals surface area (Å²) in [6.07, 6.45) is 2.70. The van der Waals surface area contributed by atoms with E-state index in [-0.39, 0.29) is 0 Å². The van der Waals surface area contributed by atoms with Crippen molar-refractivity contribution in [2.45, 2.75) is 13.0 Å². The van der Waals surface area contributed by atoms with Gasteiger partial charge in [0, 0.05) is 24.7 Å². The minimum atomic E-state index is 0.651. The maximum Gasteiger partial charge on any atom is 0.103 e. The number of hydrogen-bond acceptors (Lipinski definition) is 3. The van der Waals surface area contributed by atoms with Crippen molar-refractivity contribution in [3.05, 3.63) is 71.4 Å². The van der Waals surface area contributed by atoms with Crippen molar-refractivity contribution in [3.63, 3.8) is 0 Å². The Morgan fingerprint density at radius 3 is 2.64 bits per heavy atom. The summed E-state index contributed by atoms with van der Waals surface area (Å²) < 4.78 is 0. The van der Waals surface area contributed by atoms with E-state index in [4.69, 9.17) is 0 Å². The van der Waals surface area contributed by atoms with Gasteiger partial charge >= 0.3 is 0 Å². The first-order valence-corrected chi connectivity index (χ1v) is 7.46. The van der Waals surface area contributed by atoms with Gasteiger partial charge in [0.05, 0.1) is 16.8 Å². The topological polar surface area (TPSA) is 39.9 Å². The Morgan fingerprint density at radius 1 is 1.00 bits per heavy atom. The molecule has 4 rings (SSSR count). The largest absolute Gasteiger partial charge is 0.365 e. The fourth-order valence-electron chi connectivity index (χ4n) is 3.24. The van der Waals surface area contributed by atoms with Crippen LogP contribution in [0.4, 0.5) is 5.69 Å². The average Bonchev–Trinajstić information content (AvgIpc) is 2.60. The van der Waals surface area contributed by atoms with Crippen LogP contribution in [0.3, 0.4) is 0 Å². The van der Waals surface area contributed by atoms with Crippen molar-refractivity contribution in [3.8, 4) is 6.07 Å². The summed E-state index contributed by atoms with van der Waals surface area (Å²) in [5.74, 6) is 0. The molecule has 106 valence electrons. The highest BCUT2D eigenvalue weighted by molar-refractivity contribution is 5.94. The van der Waals surface area contributed by atoms with Crippen LogP contribution in [0.25, 0.3) is 10.9 Å². The molecule has 0 amide bonds. The van der Waals surface area contributed by atoms with Crippen molar-refractivity contribution >= 4 is 16.6 Å². The molecule has 3 aromatic rings. The normalized spacial score (nSPS) is 13.7. The van der Waals surface area contributed by atoms with E-state index in [1.54, 1.807) is 6.20 Å². The predicted molar refractivity (Wildman–Crippen MR) is 87.7 cm³/mol. The molecule has 0 atom stereocenters. The number of pyridine rings is 1.